The van der Waals surface area contributed by atoms with E-state index in [2.05, 4.69) is 4.90 Å². The normalized spacial score (nSPS) is 22.1. The molecule has 0 amide bonds. The lowest BCUT2D eigenvalue weighted by Crippen LogP contribution is -2.42. The summed E-state index contributed by atoms with van der Waals surface area (Å²) in [6.07, 6.45) is 1.50. The molecule has 1 N–H and O–H groups in total. The molecule has 0 bridgehead atoms. The molecule has 0 aliphatic carbocycles. The highest BCUT2D eigenvalue weighted by Crippen LogP contribution is 2.12. The van der Waals surface area contributed by atoms with Gasteiger partial charge in [-0.1, -0.05) is 0 Å². The van der Waals surface area contributed by atoms with Gasteiger partial charge in [0.15, 0.2) is 0 Å². The fourth-order valence-corrected chi connectivity index (χ4v) is 1.87. The molecule has 1 atom stereocenters. The van der Waals surface area contributed by atoms with Crippen molar-refractivity contribution in [3.05, 3.63) is 24.2 Å². The van der Waals surface area contributed by atoms with E-state index >= 15 is 0 Å². The molecular weight excluding hydrogens is 210 g/mol. The first-order valence-electron chi connectivity index (χ1n) is 5.32. The summed E-state index contributed by atoms with van der Waals surface area (Å²) < 4.78 is 10.6. The van der Waals surface area contributed by atoms with Crippen molar-refractivity contribution >= 4 is 5.97 Å². The van der Waals surface area contributed by atoms with E-state index in [0.29, 0.717) is 19.7 Å². The Kier molecular flexibility index (Phi) is 3.58. The van der Waals surface area contributed by atoms with Gasteiger partial charge >= 0.3 is 5.97 Å². The lowest BCUT2D eigenvalue weighted by molar-refractivity contribution is -0.142. The van der Waals surface area contributed by atoms with Crippen LogP contribution in [0.15, 0.2) is 22.8 Å². The lowest BCUT2D eigenvalue weighted by Gasteiger charge is -2.31. The monoisotopic (exact) mass is 225 g/mol. The molecule has 1 aliphatic rings. The van der Waals surface area contributed by atoms with Crippen molar-refractivity contribution in [3.8, 4) is 0 Å². The fourth-order valence-electron chi connectivity index (χ4n) is 1.87. The zero-order valence-corrected chi connectivity index (χ0v) is 8.96. The second-order valence-electron chi connectivity index (χ2n) is 3.91. The number of aliphatic carboxylic acids is 1. The smallest absolute Gasteiger partial charge is 0.306 e. The Morgan fingerprint density at radius 1 is 1.62 bits per heavy atom. The number of hydrogen-bond donors (Lipinski definition) is 1. The number of rotatable bonds is 4. The Hall–Kier alpha value is -1.33. The number of morpholine rings is 1. The van der Waals surface area contributed by atoms with Crippen LogP contribution in [0, 0.1) is 0 Å². The minimum absolute atomic E-state index is 0.0641. The van der Waals surface area contributed by atoms with Crippen LogP contribution in [0.25, 0.3) is 0 Å². The van der Waals surface area contributed by atoms with Crippen molar-refractivity contribution < 1.29 is 19.1 Å². The van der Waals surface area contributed by atoms with Gasteiger partial charge in [-0.15, -0.1) is 0 Å². The molecule has 1 fully saturated rings. The van der Waals surface area contributed by atoms with E-state index in [1.54, 1.807) is 6.26 Å². The fraction of sp³-hybridized carbons (Fsp3) is 0.545. The van der Waals surface area contributed by atoms with Gasteiger partial charge in [0.05, 0.1) is 31.9 Å². The molecule has 0 saturated carbocycles. The highest BCUT2D eigenvalue weighted by atomic mass is 16.5. The molecule has 1 aromatic rings. The topological polar surface area (TPSA) is 62.9 Å². The zero-order chi connectivity index (χ0) is 11.4. The summed E-state index contributed by atoms with van der Waals surface area (Å²) in [7, 11) is 0. The Balaban J connectivity index is 1.84. The van der Waals surface area contributed by atoms with Crippen LogP contribution in [-0.2, 0) is 16.1 Å². The first-order valence-corrected chi connectivity index (χ1v) is 5.32. The van der Waals surface area contributed by atoms with E-state index in [9.17, 15) is 4.79 Å². The highest BCUT2D eigenvalue weighted by molar-refractivity contribution is 5.67. The summed E-state index contributed by atoms with van der Waals surface area (Å²) in [5.74, 6) is 0.0841. The van der Waals surface area contributed by atoms with Crippen molar-refractivity contribution in [3.63, 3.8) is 0 Å². The molecule has 88 valence electrons. The molecule has 1 unspecified atom stereocenters. The van der Waals surface area contributed by atoms with Crippen LogP contribution in [-0.4, -0.2) is 41.8 Å². The quantitative estimate of drug-likeness (QED) is 0.826. The summed E-state index contributed by atoms with van der Waals surface area (Å²) in [5.41, 5.74) is 0. The summed E-state index contributed by atoms with van der Waals surface area (Å²) in [4.78, 5) is 12.7. The molecule has 0 radical (unpaired) electrons. The van der Waals surface area contributed by atoms with Crippen LogP contribution in [0.1, 0.15) is 12.2 Å². The maximum Gasteiger partial charge on any atom is 0.306 e. The number of carboxylic acid groups (broad SMARTS) is 1. The van der Waals surface area contributed by atoms with E-state index in [1.807, 2.05) is 12.1 Å². The predicted octanol–water partition coefficient (Wildman–Crippen LogP) is 0.955. The Labute approximate surface area is 93.6 Å². The van der Waals surface area contributed by atoms with Crippen molar-refractivity contribution in [2.75, 3.05) is 19.7 Å². The first-order chi connectivity index (χ1) is 7.74. The number of carboxylic acids is 1. The molecule has 0 aromatic carbocycles. The SMILES string of the molecule is O=C(O)CC1CN(Cc2ccco2)CCO1. The molecular formula is C11H15NO4. The molecule has 5 heteroatoms. The van der Waals surface area contributed by atoms with Gasteiger partial charge in [-0.25, -0.2) is 0 Å². The van der Waals surface area contributed by atoms with Gasteiger partial charge in [-0.2, -0.15) is 0 Å². The second kappa shape index (κ2) is 5.14. The maximum absolute atomic E-state index is 10.6. The van der Waals surface area contributed by atoms with E-state index in [-0.39, 0.29) is 12.5 Å². The average Bonchev–Trinajstić information content (AvgIpc) is 2.70. The molecule has 16 heavy (non-hydrogen) atoms. The third-order valence-electron chi connectivity index (χ3n) is 2.58. The van der Waals surface area contributed by atoms with Crippen LogP contribution < -0.4 is 0 Å². The summed E-state index contributed by atoms with van der Waals surface area (Å²) in [6, 6.07) is 3.77. The lowest BCUT2D eigenvalue weighted by atomic mass is 10.2. The third-order valence-corrected chi connectivity index (χ3v) is 2.58. The predicted molar refractivity (Wildman–Crippen MR) is 56.0 cm³/mol. The highest BCUT2D eigenvalue weighted by Gasteiger charge is 2.23. The number of furan rings is 1. The number of hydrogen-bond acceptors (Lipinski definition) is 4. The van der Waals surface area contributed by atoms with Crippen molar-refractivity contribution in [2.45, 2.75) is 19.1 Å². The summed E-state index contributed by atoms with van der Waals surface area (Å²) >= 11 is 0. The molecule has 2 rings (SSSR count). The van der Waals surface area contributed by atoms with Crippen molar-refractivity contribution in [1.82, 2.24) is 4.90 Å². The number of ether oxygens (including phenoxy) is 1. The average molecular weight is 225 g/mol. The maximum atomic E-state index is 10.6. The number of carbonyl (C=O) groups is 1. The summed E-state index contributed by atoms with van der Waals surface area (Å²) in [5, 5.41) is 8.69. The minimum Gasteiger partial charge on any atom is -0.481 e. The van der Waals surface area contributed by atoms with E-state index in [0.717, 1.165) is 12.3 Å². The molecule has 1 saturated heterocycles. The van der Waals surface area contributed by atoms with Crippen LogP contribution in [0.4, 0.5) is 0 Å². The zero-order valence-electron chi connectivity index (χ0n) is 8.96. The Bertz CT molecular complexity index is 336. The molecule has 0 spiro atoms. The van der Waals surface area contributed by atoms with Gasteiger partial charge < -0.3 is 14.3 Å². The second-order valence-corrected chi connectivity index (χ2v) is 3.91. The Morgan fingerprint density at radius 3 is 3.19 bits per heavy atom. The molecule has 1 aromatic heterocycles. The van der Waals surface area contributed by atoms with Gasteiger partial charge in [0.2, 0.25) is 0 Å². The first kappa shape index (κ1) is 11.2. The van der Waals surface area contributed by atoms with E-state index < -0.39 is 5.97 Å². The van der Waals surface area contributed by atoms with E-state index in [4.69, 9.17) is 14.3 Å². The van der Waals surface area contributed by atoms with Gasteiger partial charge in [-0.05, 0) is 12.1 Å². The van der Waals surface area contributed by atoms with Crippen molar-refractivity contribution in [2.24, 2.45) is 0 Å². The van der Waals surface area contributed by atoms with Crippen LogP contribution in [0.2, 0.25) is 0 Å². The van der Waals surface area contributed by atoms with Crippen LogP contribution in [0.5, 0.6) is 0 Å². The molecule has 1 aliphatic heterocycles. The summed E-state index contributed by atoms with van der Waals surface area (Å²) in [6.45, 7) is 2.76. The standard InChI is InChI=1S/C11H15NO4/c13-11(14)6-10-8-12(3-5-16-10)7-9-2-1-4-15-9/h1-2,4,10H,3,5-8H2,(H,13,14). The van der Waals surface area contributed by atoms with Gasteiger partial charge in [-0.3, -0.25) is 9.69 Å². The van der Waals surface area contributed by atoms with Gasteiger partial charge in [0.25, 0.3) is 0 Å². The number of nitrogens with zero attached hydrogens (tertiary/aromatic N) is 1. The largest absolute Gasteiger partial charge is 0.481 e. The Morgan fingerprint density at radius 2 is 2.50 bits per heavy atom. The van der Waals surface area contributed by atoms with Crippen LogP contribution in [0.3, 0.4) is 0 Å². The third kappa shape index (κ3) is 3.08. The molecule has 5 nitrogen and oxygen atoms in total. The van der Waals surface area contributed by atoms with Gasteiger partial charge in [0, 0.05) is 13.1 Å². The van der Waals surface area contributed by atoms with Crippen LogP contribution >= 0.6 is 0 Å². The minimum atomic E-state index is -0.815. The van der Waals surface area contributed by atoms with Crippen molar-refractivity contribution in [1.29, 1.82) is 0 Å². The molecule has 2 heterocycles. The van der Waals surface area contributed by atoms with Gasteiger partial charge in [0.1, 0.15) is 5.76 Å². The van der Waals surface area contributed by atoms with E-state index in [1.165, 1.54) is 0 Å².